The molecule has 5 nitrogen and oxygen atoms in total. The Balaban J connectivity index is 1.74. The second kappa shape index (κ2) is 7.25. The fraction of sp³-hybridized carbons (Fsp3) is 0.0476. The van der Waals surface area contributed by atoms with Crippen molar-refractivity contribution in [3.63, 3.8) is 0 Å². The Morgan fingerprint density at radius 3 is 2.78 bits per heavy atom. The molecule has 0 fully saturated rings. The molecule has 4 rings (SSSR count). The average molecular weight is 423 g/mol. The molecular formula is C21H15BrN2O3. The molecule has 134 valence electrons. The van der Waals surface area contributed by atoms with Gasteiger partial charge in [-0.2, -0.15) is 0 Å². The molecule has 27 heavy (non-hydrogen) atoms. The Hall–Kier alpha value is -3.12. The van der Waals surface area contributed by atoms with Gasteiger partial charge in [0.1, 0.15) is 22.7 Å². The number of hydrogen-bond donors (Lipinski definition) is 1. The molecule has 0 aliphatic rings. The number of phenols is 1. The van der Waals surface area contributed by atoms with Crippen LogP contribution in [0.1, 0.15) is 5.56 Å². The van der Waals surface area contributed by atoms with E-state index in [9.17, 15) is 5.11 Å². The van der Waals surface area contributed by atoms with Gasteiger partial charge in [0.25, 0.3) is 0 Å². The first-order chi connectivity index (χ1) is 13.1. The van der Waals surface area contributed by atoms with Gasteiger partial charge in [-0.15, -0.1) is 0 Å². The van der Waals surface area contributed by atoms with Gasteiger partial charge in [0, 0.05) is 21.8 Å². The van der Waals surface area contributed by atoms with Crippen LogP contribution in [0.5, 0.6) is 11.5 Å². The van der Waals surface area contributed by atoms with E-state index in [0.29, 0.717) is 22.9 Å². The Morgan fingerprint density at radius 1 is 1.11 bits per heavy atom. The Kier molecular flexibility index (Phi) is 4.64. The number of halogens is 1. The van der Waals surface area contributed by atoms with Crippen LogP contribution < -0.4 is 4.74 Å². The van der Waals surface area contributed by atoms with Crippen LogP contribution in [0.15, 0.2) is 74.5 Å². The number of hydrogen-bond acceptors (Lipinski definition) is 5. The lowest BCUT2D eigenvalue weighted by Gasteiger charge is -2.06. The highest BCUT2D eigenvalue weighted by molar-refractivity contribution is 9.10. The zero-order chi connectivity index (χ0) is 18.8. The summed E-state index contributed by atoms with van der Waals surface area (Å²) in [5.41, 5.74) is 3.52. The highest BCUT2D eigenvalue weighted by atomic mass is 79.9. The predicted octanol–water partition coefficient (Wildman–Crippen LogP) is 5.72. The van der Waals surface area contributed by atoms with Gasteiger partial charge in [-0.25, -0.2) is 4.98 Å². The van der Waals surface area contributed by atoms with E-state index < -0.39 is 0 Å². The van der Waals surface area contributed by atoms with E-state index in [1.54, 1.807) is 31.5 Å². The molecule has 0 unspecified atom stereocenters. The van der Waals surface area contributed by atoms with Gasteiger partial charge in [-0.3, -0.25) is 4.99 Å². The molecule has 0 amide bonds. The molecule has 0 bridgehead atoms. The highest BCUT2D eigenvalue weighted by Gasteiger charge is 2.11. The van der Waals surface area contributed by atoms with Crippen LogP contribution in [0.3, 0.4) is 0 Å². The quantitative estimate of drug-likeness (QED) is 0.426. The molecule has 0 saturated heterocycles. The van der Waals surface area contributed by atoms with Crippen molar-refractivity contribution < 1.29 is 14.3 Å². The van der Waals surface area contributed by atoms with Crippen molar-refractivity contribution in [2.24, 2.45) is 4.99 Å². The number of rotatable bonds is 4. The van der Waals surface area contributed by atoms with E-state index in [2.05, 4.69) is 25.9 Å². The number of oxazole rings is 1. The summed E-state index contributed by atoms with van der Waals surface area (Å²) in [6.07, 6.45) is 1.59. The van der Waals surface area contributed by atoms with Crippen molar-refractivity contribution in [1.82, 2.24) is 4.98 Å². The molecule has 0 saturated carbocycles. The summed E-state index contributed by atoms with van der Waals surface area (Å²) in [6, 6.07) is 18.3. The lowest BCUT2D eigenvalue weighted by molar-refractivity contribution is 0.416. The summed E-state index contributed by atoms with van der Waals surface area (Å²) in [6.45, 7) is 0. The zero-order valence-corrected chi connectivity index (χ0v) is 16.0. The first-order valence-electron chi connectivity index (χ1n) is 8.20. The number of aromatic nitrogens is 1. The van der Waals surface area contributed by atoms with Gasteiger partial charge in [0.15, 0.2) is 5.58 Å². The number of aromatic hydroxyl groups is 1. The first-order valence-corrected chi connectivity index (χ1v) is 9.00. The molecule has 0 aliphatic carbocycles. The summed E-state index contributed by atoms with van der Waals surface area (Å²) in [4.78, 5) is 9.01. The number of para-hydroxylation sites is 2. The third-order valence-electron chi connectivity index (χ3n) is 4.05. The maximum atomic E-state index is 9.98. The minimum atomic E-state index is 0.149. The van der Waals surface area contributed by atoms with Crippen molar-refractivity contribution >= 4 is 38.9 Å². The predicted molar refractivity (Wildman–Crippen MR) is 109 cm³/mol. The van der Waals surface area contributed by atoms with Gasteiger partial charge >= 0.3 is 0 Å². The summed E-state index contributed by atoms with van der Waals surface area (Å²) in [5, 5.41) is 9.98. The standard InChI is InChI=1S/C21H15BrN2O3/c1-26-19-9-6-13(21-24-16-4-2-3-5-20(16)27-21)11-17(19)23-12-14-10-15(22)7-8-18(14)25/h2-12,25H,1H3. The van der Waals surface area contributed by atoms with Crippen LogP contribution >= 0.6 is 15.9 Å². The number of nitrogens with zero attached hydrogens (tertiary/aromatic N) is 2. The van der Waals surface area contributed by atoms with Crippen molar-refractivity contribution in [3.8, 4) is 23.0 Å². The zero-order valence-electron chi connectivity index (χ0n) is 14.4. The van der Waals surface area contributed by atoms with Crippen molar-refractivity contribution in [2.75, 3.05) is 7.11 Å². The lowest BCUT2D eigenvalue weighted by atomic mass is 10.1. The molecule has 1 heterocycles. The molecular weight excluding hydrogens is 408 g/mol. The molecule has 3 aromatic carbocycles. The van der Waals surface area contributed by atoms with Crippen LogP contribution in [0.2, 0.25) is 0 Å². The minimum absolute atomic E-state index is 0.149. The molecule has 0 radical (unpaired) electrons. The summed E-state index contributed by atoms with van der Waals surface area (Å²) in [5.74, 6) is 1.28. The number of fused-ring (bicyclic) bond motifs is 1. The fourth-order valence-corrected chi connectivity index (χ4v) is 3.07. The topological polar surface area (TPSA) is 67.9 Å². The smallest absolute Gasteiger partial charge is 0.227 e. The normalized spacial score (nSPS) is 11.3. The van der Waals surface area contributed by atoms with Crippen molar-refractivity contribution in [1.29, 1.82) is 0 Å². The van der Waals surface area contributed by atoms with Crippen LogP contribution in [-0.2, 0) is 0 Å². The Morgan fingerprint density at radius 2 is 1.96 bits per heavy atom. The van der Waals surface area contributed by atoms with E-state index in [4.69, 9.17) is 9.15 Å². The fourth-order valence-electron chi connectivity index (χ4n) is 2.69. The number of methoxy groups -OCH3 is 1. The van der Waals surface area contributed by atoms with Gasteiger partial charge < -0.3 is 14.3 Å². The molecule has 1 aromatic heterocycles. The Labute approximate surface area is 164 Å². The summed E-state index contributed by atoms with van der Waals surface area (Å²) in [7, 11) is 1.59. The molecule has 0 atom stereocenters. The van der Waals surface area contributed by atoms with Gasteiger partial charge in [0.05, 0.1) is 7.11 Å². The van der Waals surface area contributed by atoms with E-state index in [-0.39, 0.29) is 5.75 Å². The lowest BCUT2D eigenvalue weighted by Crippen LogP contribution is -1.87. The monoisotopic (exact) mass is 422 g/mol. The number of benzene rings is 3. The number of phenolic OH excluding ortho intramolecular Hbond substituents is 1. The van der Waals surface area contributed by atoms with Crippen molar-refractivity contribution in [3.05, 3.63) is 70.7 Å². The Bertz CT molecular complexity index is 1120. The molecule has 0 spiro atoms. The third-order valence-corrected chi connectivity index (χ3v) is 4.55. The maximum Gasteiger partial charge on any atom is 0.227 e. The van der Waals surface area contributed by atoms with E-state index in [0.717, 1.165) is 21.1 Å². The van der Waals surface area contributed by atoms with Crippen LogP contribution in [-0.4, -0.2) is 23.4 Å². The van der Waals surface area contributed by atoms with Gasteiger partial charge in [-0.1, -0.05) is 28.1 Å². The molecule has 6 heteroatoms. The van der Waals surface area contributed by atoms with Gasteiger partial charge in [-0.05, 0) is 48.5 Å². The summed E-state index contributed by atoms with van der Waals surface area (Å²) >= 11 is 3.39. The SMILES string of the molecule is COc1ccc(-c2nc3ccccc3o2)cc1N=Cc1cc(Br)ccc1O. The van der Waals surface area contributed by atoms with Crippen LogP contribution in [0.4, 0.5) is 5.69 Å². The molecule has 1 N–H and O–H groups in total. The molecule has 4 aromatic rings. The third kappa shape index (κ3) is 3.57. The van der Waals surface area contributed by atoms with Gasteiger partial charge in [0.2, 0.25) is 5.89 Å². The minimum Gasteiger partial charge on any atom is -0.507 e. The van der Waals surface area contributed by atoms with E-state index >= 15 is 0 Å². The van der Waals surface area contributed by atoms with E-state index in [1.807, 2.05) is 42.5 Å². The first kappa shape index (κ1) is 17.3. The molecule has 0 aliphatic heterocycles. The summed E-state index contributed by atoms with van der Waals surface area (Å²) < 4.78 is 12.1. The van der Waals surface area contributed by atoms with Crippen LogP contribution in [0.25, 0.3) is 22.6 Å². The maximum absolute atomic E-state index is 9.98. The number of ether oxygens (including phenoxy) is 1. The second-order valence-electron chi connectivity index (χ2n) is 5.83. The van der Waals surface area contributed by atoms with Crippen molar-refractivity contribution in [2.45, 2.75) is 0 Å². The largest absolute Gasteiger partial charge is 0.507 e. The van der Waals surface area contributed by atoms with Crippen LogP contribution in [0, 0.1) is 0 Å². The average Bonchev–Trinajstić information content (AvgIpc) is 3.12. The number of aliphatic imine (C=N–C) groups is 1. The second-order valence-corrected chi connectivity index (χ2v) is 6.75. The van der Waals surface area contributed by atoms with E-state index in [1.165, 1.54) is 0 Å². The highest BCUT2D eigenvalue weighted by Crippen LogP contribution is 2.34.